The van der Waals surface area contributed by atoms with Crippen LogP contribution in [0, 0.1) is 0 Å². The van der Waals surface area contributed by atoms with Gasteiger partial charge < -0.3 is 9.32 Å². The number of anilines is 3. The summed E-state index contributed by atoms with van der Waals surface area (Å²) in [6.07, 6.45) is 0. The quantitative estimate of drug-likeness (QED) is 0.170. The minimum absolute atomic E-state index is 0.871. The minimum atomic E-state index is 0.871. The van der Waals surface area contributed by atoms with E-state index in [2.05, 4.69) is 205 Å². The lowest BCUT2D eigenvalue weighted by molar-refractivity contribution is 0.669. The lowest BCUT2D eigenvalue weighted by Crippen LogP contribution is -2.11. The third-order valence-corrected chi connectivity index (χ3v) is 12.0. The first-order chi connectivity index (χ1) is 27.3. The highest BCUT2D eigenvalue weighted by molar-refractivity contribution is 7.25. The number of hydrogen-bond acceptors (Lipinski definition) is 3. The van der Waals surface area contributed by atoms with Crippen LogP contribution in [0.3, 0.4) is 0 Å². The highest BCUT2D eigenvalue weighted by Crippen LogP contribution is 2.47. The molecular weight excluding hydrogens is 687 g/mol. The largest absolute Gasteiger partial charge is 0.456 e. The van der Waals surface area contributed by atoms with Crippen molar-refractivity contribution < 1.29 is 4.42 Å². The van der Waals surface area contributed by atoms with Crippen LogP contribution in [0.5, 0.6) is 0 Å². The molecule has 0 spiro atoms. The normalized spacial score (nSPS) is 11.6. The molecule has 55 heavy (non-hydrogen) atoms. The van der Waals surface area contributed by atoms with Crippen LogP contribution >= 0.6 is 11.3 Å². The van der Waals surface area contributed by atoms with Gasteiger partial charge in [0.05, 0.1) is 5.69 Å². The van der Waals surface area contributed by atoms with Crippen LogP contribution in [0.4, 0.5) is 17.1 Å². The molecule has 0 bridgehead atoms. The summed E-state index contributed by atoms with van der Waals surface area (Å²) in [6, 6.07) is 72.2. The van der Waals surface area contributed by atoms with E-state index in [9.17, 15) is 0 Å². The fourth-order valence-corrected chi connectivity index (χ4v) is 9.38. The topological polar surface area (TPSA) is 16.4 Å². The zero-order valence-corrected chi connectivity index (χ0v) is 30.6. The van der Waals surface area contributed by atoms with Gasteiger partial charge in [0.1, 0.15) is 11.2 Å². The predicted molar refractivity (Wildman–Crippen MR) is 235 cm³/mol. The zero-order valence-electron chi connectivity index (χ0n) is 29.8. The predicted octanol–water partition coefficient (Wildman–Crippen LogP) is 15.6. The lowest BCUT2D eigenvalue weighted by Gasteiger charge is -2.28. The Bertz CT molecular complexity index is 3200. The Morgan fingerprint density at radius 1 is 0.345 bits per heavy atom. The van der Waals surface area contributed by atoms with Crippen LogP contribution in [-0.4, -0.2) is 0 Å². The highest BCUT2D eigenvalue weighted by Gasteiger charge is 2.22. The van der Waals surface area contributed by atoms with Crippen molar-refractivity contribution in [3.63, 3.8) is 0 Å². The molecule has 11 rings (SSSR count). The molecule has 11 aromatic rings. The molecule has 3 heteroatoms. The third kappa shape index (κ3) is 5.32. The smallest absolute Gasteiger partial charge is 0.136 e. The maximum Gasteiger partial charge on any atom is 0.136 e. The Labute approximate surface area is 322 Å². The number of rotatable bonds is 6. The minimum Gasteiger partial charge on any atom is -0.456 e. The molecule has 0 aliphatic heterocycles. The number of thiophene rings is 1. The molecule has 0 unspecified atom stereocenters. The summed E-state index contributed by atoms with van der Waals surface area (Å²) in [5.41, 5.74) is 12.1. The van der Waals surface area contributed by atoms with Gasteiger partial charge >= 0.3 is 0 Å². The summed E-state index contributed by atoms with van der Waals surface area (Å²) in [7, 11) is 0. The Balaban J connectivity index is 1.19. The first-order valence-corrected chi connectivity index (χ1v) is 19.5. The summed E-state index contributed by atoms with van der Waals surface area (Å²) in [6.45, 7) is 0. The van der Waals surface area contributed by atoms with Crippen molar-refractivity contribution in [3.05, 3.63) is 200 Å². The van der Waals surface area contributed by atoms with Gasteiger partial charge in [0.2, 0.25) is 0 Å². The van der Waals surface area contributed by atoms with Crippen LogP contribution in [0.15, 0.2) is 205 Å². The van der Waals surface area contributed by atoms with Crippen LogP contribution in [-0.2, 0) is 0 Å². The summed E-state index contributed by atoms with van der Waals surface area (Å²) >= 11 is 1.85. The molecule has 0 aliphatic carbocycles. The molecule has 0 atom stereocenters. The molecular formula is C52H33NOS. The second kappa shape index (κ2) is 12.9. The van der Waals surface area contributed by atoms with Gasteiger partial charge in [-0.15, -0.1) is 11.3 Å². The van der Waals surface area contributed by atoms with E-state index >= 15 is 0 Å². The fourth-order valence-electron chi connectivity index (χ4n) is 8.29. The van der Waals surface area contributed by atoms with Crippen molar-refractivity contribution in [2.75, 3.05) is 4.90 Å². The number of nitrogens with zero attached hydrogens (tertiary/aromatic N) is 1. The molecule has 2 heterocycles. The number of furan rings is 1. The summed E-state index contributed by atoms with van der Waals surface area (Å²) < 4.78 is 9.28. The van der Waals surface area contributed by atoms with Crippen molar-refractivity contribution in [2.45, 2.75) is 0 Å². The maximum atomic E-state index is 6.70. The summed E-state index contributed by atoms with van der Waals surface area (Å²) in [5.74, 6) is 0. The van der Waals surface area contributed by atoms with E-state index in [1.54, 1.807) is 0 Å². The van der Waals surface area contributed by atoms with Crippen LogP contribution in [0.25, 0.3) is 86.3 Å². The van der Waals surface area contributed by atoms with E-state index in [0.29, 0.717) is 0 Å². The van der Waals surface area contributed by atoms with Crippen molar-refractivity contribution >= 4 is 81.3 Å². The van der Waals surface area contributed by atoms with Crippen molar-refractivity contribution in [1.82, 2.24) is 0 Å². The molecule has 0 N–H and O–H groups in total. The fraction of sp³-hybridized carbons (Fsp3) is 0. The Morgan fingerprint density at radius 3 is 1.67 bits per heavy atom. The SMILES string of the molecule is c1ccc(-c2ccc(N(c3ccc4sc5ccccc5c4c3)c3ccc4oc5cc(-c6ccccc6)c6ccccc6c5c4c3)c(-c3ccccc3)c2)cc1. The van der Waals surface area contributed by atoms with Crippen LogP contribution in [0.1, 0.15) is 0 Å². The van der Waals surface area contributed by atoms with Gasteiger partial charge in [0.15, 0.2) is 0 Å². The van der Waals surface area contributed by atoms with E-state index in [1.807, 2.05) is 11.3 Å². The van der Waals surface area contributed by atoms with Crippen molar-refractivity contribution in [1.29, 1.82) is 0 Å². The average Bonchev–Trinajstić information content (AvgIpc) is 3.82. The number of hydrogen-bond donors (Lipinski definition) is 0. The van der Waals surface area contributed by atoms with E-state index < -0.39 is 0 Å². The van der Waals surface area contributed by atoms with E-state index in [-0.39, 0.29) is 0 Å². The van der Waals surface area contributed by atoms with E-state index in [1.165, 1.54) is 53.2 Å². The number of fused-ring (bicyclic) bond motifs is 8. The highest BCUT2D eigenvalue weighted by atomic mass is 32.1. The Morgan fingerprint density at radius 2 is 0.927 bits per heavy atom. The van der Waals surface area contributed by atoms with Gasteiger partial charge in [0, 0.05) is 47.9 Å². The molecule has 2 nitrogen and oxygen atoms in total. The standard InChI is InChI=1S/C52H33NOS/c1-4-14-34(15-5-1)37-24-27-47(44(30-37)36-18-8-3-9-19-36)53(39-26-29-51-45(31-39)41-21-12-13-23-50(41)55-51)38-25-28-48-46(32-38)52-42-22-11-10-20-40(42)43(33-49(52)54-48)35-16-6-2-7-17-35/h1-33H. The summed E-state index contributed by atoms with van der Waals surface area (Å²) in [5, 5.41) is 7.17. The number of benzene rings is 9. The zero-order chi connectivity index (χ0) is 36.3. The first-order valence-electron chi connectivity index (χ1n) is 18.7. The van der Waals surface area contributed by atoms with Gasteiger partial charge in [-0.1, -0.05) is 140 Å². The van der Waals surface area contributed by atoms with Crippen molar-refractivity contribution in [3.8, 4) is 33.4 Å². The maximum absolute atomic E-state index is 6.70. The molecule has 0 radical (unpaired) electrons. The first kappa shape index (κ1) is 31.6. The van der Waals surface area contributed by atoms with Crippen molar-refractivity contribution in [2.24, 2.45) is 0 Å². The van der Waals surface area contributed by atoms with E-state index in [0.717, 1.165) is 50.1 Å². The third-order valence-electron chi connectivity index (χ3n) is 10.9. The second-order valence-electron chi connectivity index (χ2n) is 14.1. The molecule has 258 valence electrons. The molecule has 2 aromatic heterocycles. The van der Waals surface area contributed by atoms with Crippen LogP contribution < -0.4 is 4.90 Å². The molecule has 0 aliphatic rings. The summed E-state index contributed by atoms with van der Waals surface area (Å²) in [4.78, 5) is 2.43. The van der Waals surface area contributed by atoms with Crippen LogP contribution in [0.2, 0.25) is 0 Å². The lowest BCUT2D eigenvalue weighted by atomic mass is 9.94. The van der Waals surface area contributed by atoms with Gasteiger partial charge in [-0.05, 0) is 99.3 Å². The molecule has 0 amide bonds. The molecule has 0 fully saturated rings. The molecule has 9 aromatic carbocycles. The average molecular weight is 720 g/mol. The molecule has 0 saturated heterocycles. The van der Waals surface area contributed by atoms with E-state index in [4.69, 9.17) is 4.42 Å². The van der Waals surface area contributed by atoms with Gasteiger partial charge in [-0.2, -0.15) is 0 Å². The van der Waals surface area contributed by atoms with Gasteiger partial charge in [0.25, 0.3) is 0 Å². The van der Waals surface area contributed by atoms with Gasteiger partial charge in [-0.3, -0.25) is 0 Å². The van der Waals surface area contributed by atoms with Gasteiger partial charge in [-0.25, -0.2) is 0 Å². The Hall–Kier alpha value is -6.94. The monoisotopic (exact) mass is 719 g/mol. The second-order valence-corrected chi connectivity index (χ2v) is 15.2. The Kier molecular flexibility index (Phi) is 7.39. The molecule has 0 saturated carbocycles.